The molecule has 3 rings (SSSR count). The van der Waals surface area contributed by atoms with E-state index in [1.807, 2.05) is 12.3 Å². The van der Waals surface area contributed by atoms with Gasteiger partial charge in [-0.15, -0.1) is 0 Å². The summed E-state index contributed by atoms with van der Waals surface area (Å²) in [6, 6.07) is 4.17. The number of nitrogens with zero attached hydrogens (tertiary/aromatic N) is 1. The minimum absolute atomic E-state index is 0.750. The highest BCUT2D eigenvalue weighted by molar-refractivity contribution is 6.04. The van der Waals surface area contributed by atoms with Crippen molar-refractivity contribution < 1.29 is 14.0 Å². The molecule has 0 bridgehead atoms. The van der Waals surface area contributed by atoms with Gasteiger partial charge in [0.2, 0.25) is 5.69 Å². The van der Waals surface area contributed by atoms with Gasteiger partial charge in [-0.05, 0) is 6.07 Å². The molecule has 110 valence electrons. The van der Waals surface area contributed by atoms with Gasteiger partial charge < -0.3 is 14.8 Å². The summed E-state index contributed by atoms with van der Waals surface area (Å²) in [5.74, 6) is 1.50. The Bertz CT molecular complexity index is 708. The fourth-order valence-electron chi connectivity index (χ4n) is 2.86. The Morgan fingerprint density at radius 1 is 1.24 bits per heavy atom. The second-order valence-corrected chi connectivity index (χ2v) is 5.18. The number of hydrogen-bond donors (Lipinski definition) is 1. The summed E-state index contributed by atoms with van der Waals surface area (Å²) in [7, 11) is 3.34. The van der Waals surface area contributed by atoms with Crippen molar-refractivity contribution in [3.05, 3.63) is 30.2 Å². The molecule has 1 aliphatic rings. The number of methoxy groups -OCH3 is 2. The van der Waals surface area contributed by atoms with Crippen LogP contribution in [0.15, 0.2) is 24.5 Å². The fourth-order valence-corrected chi connectivity index (χ4v) is 2.86. The van der Waals surface area contributed by atoms with E-state index in [0.29, 0.717) is 0 Å². The van der Waals surface area contributed by atoms with Crippen LogP contribution in [-0.4, -0.2) is 14.2 Å². The maximum Gasteiger partial charge on any atom is 0.216 e. The lowest BCUT2D eigenvalue weighted by Crippen LogP contribution is -2.37. The summed E-state index contributed by atoms with van der Waals surface area (Å²) in [5, 5.41) is 5.65. The molecule has 4 nitrogen and oxygen atoms in total. The molecule has 2 aromatic rings. The Balaban J connectivity index is 2.27. The predicted octanol–water partition coefficient (Wildman–Crippen LogP) is 3.34. The van der Waals surface area contributed by atoms with E-state index >= 15 is 0 Å². The standard InChI is InChI=1S/C17H20N2O2/c1-4-5-9-19-10-7-12-11-14(20-2)17(21-3)16-15(12)13(19)6-8-18-16/h6-8,10-11H,4-5,9H2,1-3H3/p+1. The third-order valence-corrected chi connectivity index (χ3v) is 3.92. The largest absolute Gasteiger partial charge is 0.493 e. The molecule has 0 fully saturated rings. The van der Waals surface area contributed by atoms with Gasteiger partial charge >= 0.3 is 0 Å². The molecule has 4 heteroatoms. The van der Waals surface area contributed by atoms with E-state index in [9.17, 15) is 0 Å². The summed E-state index contributed by atoms with van der Waals surface area (Å²) < 4.78 is 13.3. The number of benzene rings is 1. The van der Waals surface area contributed by atoms with Gasteiger partial charge in [0, 0.05) is 30.1 Å². The third kappa shape index (κ3) is 2.20. The average molecular weight is 285 g/mol. The highest BCUT2D eigenvalue weighted by Crippen LogP contribution is 2.43. The van der Waals surface area contributed by atoms with E-state index in [-0.39, 0.29) is 0 Å². The number of anilines is 1. The maximum absolute atomic E-state index is 5.55. The highest BCUT2D eigenvalue weighted by Gasteiger charge is 2.24. The van der Waals surface area contributed by atoms with Crippen LogP contribution in [0, 0.1) is 0 Å². The smallest absolute Gasteiger partial charge is 0.216 e. The van der Waals surface area contributed by atoms with Crippen molar-refractivity contribution in [2.75, 3.05) is 19.5 Å². The van der Waals surface area contributed by atoms with E-state index < -0.39 is 0 Å². The zero-order valence-electron chi connectivity index (χ0n) is 12.8. The first kappa shape index (κ1) is 13.7. The Hall–Kier alpha value is -2.23. The van der Waals surface area contributed by atoms with Gasteiger partial charge in [0.15, 0.2) is 17.7 Å². The minimum Gasteiger partial charge on any atom is -0.493 e. The Morgan fingerprint density at radius 2 is 2.10 bits per heavy atom. The van der Waals surface area contributed by atoms with Crippen LogP contribution < -0.4 is 19.4 Å². The quantitative estimate of drug-likeness (QED) is 0.856. The molecule has 0 saturated heterocycles. The Kier molecular flexibility index (Phi) is 3.69. The van der Waals surface area contributed by atoms with Gasteiger partial charge in [-0.25, -0.2) is 0 Å². The topological polar surface area (TPSA) is 34.4 Å². The normalized spacial score (nSPS) is 12.3. The van der Waals surface area contributed by atoms with E-state index in [4.69, 9.17) is 9.47 Å². The second-order valence-electron chi connectivity index (χ2n) is 5.18. The van der Waals surface area contributed by atoms with Crippen LogP contribution in [0.5, 0.6) is 11.5 Å². The first-order chi connectivity index (χ1) is 10.3. The van der Waals surface area contributed by atoms with Crippen LogP contribution in [0.1, 0.15) is 25.5 Å². The summed E-state index contributed by atoms with van der Waals surface area (Å²) in [6.45, 7) is 3.24. The molecule has 0 atom stereocenters. The number of rotatable bonds is 5. The molecule has 1 N–H and O–H groups in total. The van der Waals surface area contributed by atoms with Crippen LogP contribution in [-0.2, 0) is 6.54 Å². The molecule has 0 amide bonds. The molecule has 1 aromatic carbocycles. The summed E-state index contributed by atoms with van der Waals surface area (Å²) in [5.41, 5.74) is 2.20. The average Bonchev–Trinajstić information content (AvgIpc) is 2.54. The summed E-state index contributed by atoms with van der Waals surface area (Å²) >= 11 is 0. The maximum atomic E-state index is 5.55. The van der Waals surface area contributed by atoms with E-state index in [1.165, 1.54) is 23.9 Å². The van der Waals surface area contributed by atoms with Crippen LogP contribution in [0.3, 0.4) is 0 Å². The minimum atomic E-state index is 0.750. The fraction of sp³-hybridized carbons (Fsp3) is 0.353. The van der Waals surface area contributed by atoms with Gasteiger partial charge in [-0.1, -0.05) is 13.3 Å². The number of hydrogen-bond acceptors (Lipinski definition) is 3. The highest BCUT2D eigenvalue weighted by atomic mass is 16.5. The first-order valence-corrected chi connectivity index (χ1v) is 7.34. The van der Waals surface area contributed by atoms with Crippen molar-refractivity contribution >= 4 is 22.5 Å². The predicted molar refractivity (Wildman–Crippen MR) is 84.8 cm³/mol. The number of aryl methyl sites for hydroxylation is 1. The van der Waals surface area contributed by atoms with Crippen LogP contribution in [0.2, 0.25) is 0 Å². The lowest BCUT2D eigenvalue weighted by molar-refractivity contribution is -0.697. The summed E-state index contributed by atoms with van der Waals surface area (Å²) in [6.07, 6.45) is 8.59. The van der Waals surface area contributed by atoms with E-state index in [1.54, 1.807) is 14.2 Å². The van der Waals surface area contributed by atoms with Crippen molar-refractivity contribution in [2.45, 2.75) is 26.3 Å². The zero-order chi connectivity index (χ0) is 14.8. The molecule has 0 spiro atoms. The van der Waals surface area contributed by atoms with Crippen LogP contribution in [0.25, 0.3) is 16.8 Å². The van der Waals surface area contributed by atoms with Crippen molar-refractivity contribution in [3.8, 4) is 11.5 Å². The van der Waals surface area contributed by atoms with Crippen molar-refractivity contribution in [3.63, 3.8) is 0 Å². The molecule has 0 radical (unpaired) electrons. The van der Waals surface area contributed by atoms with E-state index in [2.05, 4.69) is 35.1 Å². The Labute approximate surface area is 125 Å². The van der Waals surface area contributed by atoms with Gasteiger partial charge in [-0.2, -0.15) is 4.57 Å². The monoisotopic (exact) mass is 285 g/mol. The van der Waals surface area contributed by atoms with Crippen molar-refractivity contribution in [1.82, 2.24) is 0 Å². The van der Waals surface area contributed by atoms with Crippen molar-refractivity contribution in [1.29, 1.82) is 0 Å². The first-order valence-electron chi connectivity index (χ1n) is 7.34. The zero-order valence-corrected chi connectivity index (χ0v) is 12.8. The number of pyridine rings is 1. The van der Waals surface area contributed by atoms with Crippen LogP contribution in [0.4, 0.5) is 5.69 Å². The molecular weight excluding hydrogens is 264 g/mol. The SMILES string of the molecule is CCCC[n+]1ccc2cc(OC)c(OC)c3c2c1C=CN3. The summed E-state index contributed by atoms with van der Waals surface area (Å²) in [4.78, 5) is 0. The molecular formula is C17H21N2O2+. The molecule has 0 unspecified atom stereocenters. The third-order valence-electron chi connectivity index (χ3n) is 3.92. The van der Waals surface area contributed by atoms with Gasteiger partial charge in [-0.3, -0.25) is 0 Å². The van der Waals surface area contributed by atoms with Crippen LogP contribution >= 0.6 is 0 Å². The Morgan fingerprint density at radius 3 is 2.81 bits per heavy atom. The molecule has 1 aromatic heterocycles. The number of aromatic nitrogens is 1. The second kappa shape index (κ2) is 5.64. The molecule has 2 heterocycles. The number of nitrogens with one attached hydrogen (secondary N) is 1. The van der Waals surface area contributed by atoms with Gasteiger partial charge in [0.05, 0.1) is 25.3 Å². The van der Waals surface area contributed by atoms with Gasteiger partial charge in [0.1, 0.15) is 6.54 Å². The van der Waals surface area contributed by atoms with Crippen molar-refractivity contribution in [2.24, 2.45) is 0 Å². The lowest BCUT2D eigenvalue weighted by Gasteiger charge is -2.18. The van der Waals surface area contributed by atoms with Gasteiger partial charge in [0.25, 0.3) is 0 Å². The molecule has 1 aliphatic heterocycles. The number of unbranched alkanes of at least 4 members (excludes halogenated alkanes) is 1. The molecule has 0 saturated carbocycles. The molecule has 21 heavy (non-hydrogen) atoms. The molecule has 0 aliphatic carbocycles. The number of ether oxygens (including phenoxy) is 2. The van der Waals surface area contributed by atoms with E-state index in [0.717, 1.165) is 29.1 Å². The lowest BCUT2D eigenvalue weighted by atomic mass is 10.0.